The van der Waals surface area contributed by atoms with Crippen LogP contribution in [-0.4, -0.2) is 27.4 Å². The van der Waals surface area contributed by atoms with E-state index in [9.17, 15) is 14.9 Å². The van der Waals surface area contributed by atoms with E-state index in [-0.39, 0.29) is 34.0 Å². The molecule has 0 amide bonds. The average Bonchev–Trinajstić information content (AvgIpc) is 2.72. The molecule has 0 N–H and O–H groups in total. The van der Waals surface area contributed by atoms with Gasteiger partial charge in [-0.3, -0.25) is 14.9 Å². The highest BCUT2D eigenvalue weighted by molar-refractivity contribution is 9.10. The Hall–Kier alpha value is -2.78. The Kier molecular flexibility index (Phi) is 7.54. The Morgan fingerprint density at radius 2 is 2.03 bits per heavy atom. The lowest BCUT2D eigenvalue weighted by Crippen LogP contribution is -2.22. The molecule has 0 aliphatic heterocycles. The van der Waals surface area contributed by atoms with Crippen molar-refractivity contribution in [2.75, 3.05) is 6.61 Å². The fourth-order valence-electron chi connectivity index (χ4n) is 3.10. The monoisotopic (exact) mass is 534 g/mol. The summed E-state index contributed by atoms with van der Waals surface area (Å²) in [6.07, 6.45) is 2.64. The third-order valence-electron chi connectivity index (χ3n) is 4.57. The van der Waals surface area contributed by atoms with E-state index in [4.69, 9.17) is 16.3 Å². The third kappa shape index (κ3) is 5.97. The lowest BCUT2D eigenvalue weighted by Gasteiger charge is -2.19. The Morgan fingerprint density at radius 3 is 2.67 bits per heavy atom. The minimum Gasteiger partial charge on any atom is -0.486 e. The van der Waals surface area contributed by atoms with Crippen molar-refractivity contribution >= 4 is 50.3 Å². The summed E-state index contributed by atoms with van der Waals surface area (Å²) in [6.45, 7) is 8.08. The Labute approximate surface area is 204 Å². The molecule has 0 aliphatic carbocycles. The number of benzene rings is 2. The molecule has 8 nitrogen and oxygen atoms in total. The van der Waals surface area contributed by atoms with Crippen LogP contribution in [-0.2, 0) is 6.42 Å². The SMILES string of the molecule is CCCc1nc2ccc(Br)cc2c(=O)n1N=Cc1cc(Cl)cc([N+](=O)[O-])c1OCC(C)(C)C. The highest BCUT2D eigenvalue weighted by Crippen LogP contribution is 2.35. The minimum absolute atomic E-state index is 0.0460. The van der Waals surface area contributed by atoms with E-state index in [0.717, 1.165) is 10.9 Å². The summed E-state index contributed by atoms with van der Waals surface area (Å²) in [5, 5.41) is 16.6. The van der Waals surface area contributed by atoms with Crippen molar-refractivity contribution in [3.63, 3.8) is 0 Å². The van der Waals surface area contributed by atoms with Crippen LogP contribution in [0.25, 0.3) is 10.9 Å². The predicted molar refractivity (Wildman–Crippen MR) is 134 cm³/mol. The summed E-state index contributed by atoms with van der Waals surface area (Å²) in [4.78, 5) is 28.9. The van der Waals surface area contributed by atoms with Crippen molar-refractivity contribution in [1.82, 2.24) is 9.66 Å². The Bertz CT molecular complexity index is 1300. The van der Waals surface area contributed by atoms with Crippen LogP contribution in [0.3, 0.4) is 0 Å². The molecule has 0 bridgehead atoms. The molecular weight excluding hydrogens is 512 g/mol. The van der Waals surface area contributed by atoms with E-state index >= 15 is 0 Å². The fourth-order valence-corrected chi connectivity index (χ4v) is 3.68. The molecular formula is C23H24BrClN4O4. The van der Waals surface area contributed by atoms with Gasteiger partial charge in [-0.05, 0) is 36.1 Å². The molecule has 33 heavy (non-hydrogen) atoms. The third-order valence-corrected chi connectivity index (χ3v) is 5.28. The average molecular weight is 536 g/mol. The number of fused-ring (bicyclic) bond motifs is 1. The molecule has 2 aromatic carbocycles. The van der Waals surface area contributed by atoms with E-state index < -0.39 is 4.92 Å². The number of hydrogen-bond acceptors (Lipinski definition) is 6. The van der Waals surface area contributed by atoms with E-state index in [1.165, 1.54) is 23.0 Å². The Balaban J connectivity index is 2.18. The number of halogens is 2. The van der Waals surface area contributed by atoms with Crippen LogP contribution in [0.5, 0.6) is 5.75 Å². The summed E-state index contributed by atoms with van der Waals surface area (Å²) in [7, 11) is 0. The van der Waals surface area contributed by atoms with Crippen molar-refractivity contribution in [2.45, 2.75) is 40.5 Å². The maximum Gasteiger partial charge on any atom is 0.313 e. The first-order valence-electron chi connectivity index (χ1n) is 10.4. The molecule has 0 fully saturated rings. The first-order valence-corrected chi connectivity index (χ1v) is 11.5. The van der Waals surface area contributed by atoms with Crippen LogP contribution in [0.2, 0.25) is 5.02 Å². The molecule has 1 heterocycles. The van der Waals surface area contributed by atoms with Gasteiger partial charge in [0.2, 0.25) is 5.75 Å². The van der Waals surface area contributed by atoms with Gasteiger partial charge in [0.1, 0.15) is 5.82 Å². The lowest BCUT2D eigenvalue weighted by molar-refractivity contribution is -0.385. The fraction of sp³-hybridized carbons (Fsp3) is 0.348. The van der Waals surface area contributed by atoms with Crippen molar-refractivity contribution in [3.8, 4) is 5.75 Å². The predicted octanol–water partition coefficient (Wildman–Crippen LogP) is 5.98. The van der Waals surface area contributed by atoms with Gasteiger partial charge >= 0.3 is 5.69 Å². The Morgan fingerprint density at radius 1 is 1.30 bits per heavy atom. The van der Waals surface area contributed by atoms with Crippen molar-refractivity contribution in [2.24, 2.45) is 10.5 Å². The first kappa shape index (κ1) is 24.9. The second-order valence-corrected chi connectivity index (χ2v) is 10.1. The van der Waals surface area contributed by atoms with Gasteiger partial charge in [0.15, 0.2) is 0 Å². The van der Waals surface area contributed by atoms with Crippen LogP contribution in [0, 0.1) is 15.5 Å². The molecule has 1 aromatic heterocycles. The summed E-state index contributed by atoms with van der Waals surface area (Å²) in [5.41, 5.74) is 0.0282. The second kappa shape index (κ2) is 10.0. The van der Waals surface area contributed by atoms with Crippen LogP contribution >= 0.6 is 27.5 Å². The van der Waals surface area contributed by atoms with Gasteiger partial charge in [-0.2, -0.15) is 9.78 Å². The number of hydrogen-bond donors (Lipinski definition) is 0. The van der Waals surface area contributed by atoms with Gasteiger partial charge < -0.3 is 4.74 Å². The van der Waals surface area contributed by atoms with Crippen molar-refractivity contribution in [3.05, 3.63) is 71.7 Å². The van der Waals surface area contributed by atoms with Gasteiger partial charge in [-0.25, -0.2) is 4.98 Å². The van der Waals surface area contributed by atoms with Crippen LogP contribution < -0.4 is 10.3 Å². The number of ether oxygens (including phenoxy) is 1. The van der Waals surface area contributed by atoms with Gasteiger partial charge in [-0.1, -0.05) is 55.2 Å². The second-order valence-electron chi connectivity index (χ2n) is 8.75. The maximum absolute atomic E-state index is 13.2. The maximum atomic E-state index is 13.2. The van der Waals surface area contributed by atoms with Gasteiger partial charge in [-0.15, -0.1) is 0 Å². The number of aryl methyl sites for hydroxylation is 1. The molecule has 0 unspecified atom stereocenters. The molecule has 0 saturated carbocycles. The molecule has 0 radical (unpaired) electrons. The molecule has 3 aromatic rings. The topological polar surface area (TPSA) is 99.6 Å². The highest BCUT2D eigenvalue weighted by Gasteiger charge is 2.23. The van der Waals surface area contributed by atoms with E-state index in [1.54, 1.807) is 12.1 Å². The van der Waals surface area contributed by atoms with Gasteiger partial charge in [0.25, 0.3) is 5.56 Å². The lowest BCUT2D eigenvalue weighted by atomic mass is 9.98. The van der Waals surface area contributed by atoms with E-state index in [1.807, 2.05) is 33.8 Å². The quantitative estimate of drug-likeness (QED) is 0.210. The van der Waals surface area contributed by atoms with Crippen LogP contribution in [0.4, 0.5) is 5.69 Å². The molecule has 0 aliphatic rings. The molecule has 0 saturated heterocycles. The van der Waals surface area contributed by atoms with Crippen molar-refractivity contribution < 1.29 is 9.66 Å². The zero-order chi connectivity index (χ0) is 24.3. The molecule has 10 heteroatoms. The number of aromatic nitrogens is 2. The van der Waals surface area contributed by atoms with E-state index in [2.05, 4.69) is 26.0 Å². The molecule has 0 atom stereocenters. The van der Waals surface area contributed by atoms with Gasteiger partial charge in [0, 0.05) is 27.5 Å². The summed E-state index contributed by atoms with van der Waals surface area (Å²) >= 11 is 9.52. The minimum atomic E-state index is -0.551. The summed E-state index contributed by atoms with van der Waals surface area (Å²) in [6, 6.07) is 8.04. The largest absolute Gasteiger partial charge is 0.486 e. The van der Waals surface area contributed by atoms with Crippen molar-refractivity contribution in [1.29, 1.82) is 0 Å². The number of nitro benzene ring substituents is 1. The zero-order valence-corrected chi connectivity index (χ0v) is 21.1. The summed E-state index contributed by atoms with van der Waals surface area (Å²) in [5.74, 6) is 0.534. The molecule has 3 rings (SSSR count). The zero-order valence-electron chi connectivity index (χ0n) is 18.8. The first-order chi connectivity index (χ1) is 15.5. The number of nitro groups is 1. The van der Waals surface area contributed by atoms with Crippen LogP contribution in [0.1, 0.15) is 45.5 Å². The smallest absolute Gasteiger partial charge is 0.313 e. The molecule has 174 valence electrons. The normalized spacial score (nSPS) is 11.9. The standard InChI is InChI=1S/C23H24BrClN4O4/c1-5-6-20-27-18-8-7-15(24)10-17(18)22(30)28(20)26-12-14-9-16(25)11-19(29(31)32)21(14)33-13-23(2,3)4/h7-12H,5-6,13H2,1-4H3. The summed E-state index contributed by atoms with van der Waals surface area (Å²) < 4.78 is 7.80. The number of nitrogens with zero attached hydrogens (tertiary/aromatic N) is 4. The number of rotatable bonds is 7. The van der Waals surface area contributed by atoms with Gasteiger partial charge in [0.05, 0.1) is 28.6 Å². The van der Waals surface area contributed by atoms with Crippen LogP contribution in [0.15, 0.2) is 44.7 Å². The van der Waals surface area contributed by atoms with E-state index in [0.29, 0.717) is 28.7 Å². The molecule has 0 spiro atoms. The highest BCUT2D eigenvalue weighted by atomic mass is 79.9.